The number of carbonyl (C=O) groups is 1. The number of benzene rings is 2. The lowest BCUT2D eigenvalue weighted by Gasteiger charge is -2.30. The van der Waals surface area contributed by atoms with Gasteiger partial charge in [0, 0.05) is 6.07 Å². The zero-order valence-electron chi connectivity index (χ0n) is 17.1. The van der Waals surface area contributed by atoms with Gasteiger partial charge in [-0.15, -0.1) is 0 Å². The average molecular weight is 396 g/mol. The van der Waals surface area contributed by atoms with Crippen molar-refractivity contribution in [1.29, 1.82) is 0 Å². The molecule has 6 heteroatoms. The van der Waals surface area contributed by atoms with Crippen molar-refractivity contribution < 1.29 is 28.8 Å². The zero-order chi connectivity index (χ0) is 21.2. The summed E-state index contributed by atoms with van der Waals surface area (Å²) >= 11 is 0. The summed E-state index contributed by atoms with van der Waals surface area (Å²) in [4.78, 5) is 13.0. The summed E-state index contributed by atoms with van der Waals surface area (Å²) in [5.74, 6) is 1.30. The standard InChI is InChI=1S/C23H24O6/c1-23(2)11-10-15-19(27-4)13-17(25)21(22(15)29-23)16(24)8-6-14-7-9-18(26-3)20(12-14)28-5/h6-13,25H,1-5H3. The van der Waals surface area contributed by atoms with Crippen LogP contribution >= 0.6 is 0 Å². The lowest BCUT2D eigenvalue weighted by Crippen LogP contribution is -2.28. The van der Waals surface area contributed by atoms with Crippen molar-refractivity contribution in [2.24, 2.45) is 0 Å². The number of methoxy groups -OCH3 is 3. The maximum Gasteiger partial charge on any atom is 0.193 e. The van der Waals surface area contributed by atoms with Crippen molar-refractivity contribution in [2.45, 2.75) is 19.4 Å². The summed E-state index contributed by atoms with van der Waals surface area (Å²) in [5.41, 5.74) is 0.843. The van der Waals surface area contributed by atoms with E-state index in [2.05, 4.69) is 0 Å². The smallest absolute Gasteiger partial charge is 0.193 e. The lowest BCUT2D eigenvalue weighted by molar-refractivity contribution is 0.103. The normalized spacial score (nSPS) is 14.2. The van der Waals surface area contributed by atoms with Crippen LogP contribution in [0.4, 0.5) is 0 Å². The number of ketones is 1. The van der Waals surface area contributed by atoms with Crippen LogP contribution in [0.25, 0.3) is 12.2 Å². The first-order valence-corrected chi connectivity index (χ1v) is 9.06. The first kappa shape index (κ1) is 20.3. The first-order valence-electron chi connectivity index (χ1n) is 9.06. The van der Waals surface area contributed by atoms with Crippen LogP contribution in [0.2, 0.25) is 0 Å². The summed E-state index contributed by atoms with van der Waals surface area (Å²) in [6.45, 7) is 3.74. The Morgan fingerprint density at radius 2 is 1.72 bits per heavy atom. The Kier molecular flexibility index (Phi) is 5.55. The zero-order valence-corrected chi connectivity index (χ0v) is 17.1. The molecule has 0 atom stereocenters. The molecular weight excluding hydrogens is 372 g/mol. The van der Waals surface area contributed by atoms with Gasteiger partial charge in [-0.05, 0) is 49.8 Å². The number of ether oxygens (including phenoxy) is 4. The minimum Gasteiger partial charge on any atom is -0.507 e. The van der Waals surface area contributed by atoms with E-state index in [1.165, 1.54) is 19.3 Å². The second-order valence-electron chi connectivity index (χ2n) is 7.07. The molecule has 0 aliphatic carbocycles. The molecular formula is C23H24O6. The van der Waals surface area contributed by atoms with Gasteiger partial charge in [0.15, 0.2) is 17.3 Å². The Bertz CT molecular complexity index is 1000. The van der Waals surface area contributed by atoms with E-state index in [4.69, 9.17) is 18.9 Å². The third kappa shape index (κ3) is 4.06. The first-order chi connectivity index (χ1) is 13.8. The van der Waals surface area contributed by atoms with Gasteiger partial charge in [-0.25, -0.2) is 0 Å². The van der Waals surface area contributed by atoms with Crippen molar-refractivity contribution >= 4 is 17.9 Å². The average Bonchev–Trinajstić information content (AvgIpc) is 2.70. The molecule has 0 fully saturated rings. The van der Waals surface area contributed by atoms with Gasteiger partial charge in [0.25, 0.3) is 0 Å². The number of phenols is 1. The number of phenolic OH excluding ortho intramolecular Hbond substituents is 1. The van der Waals surface area contributed by atoms with Gasteiger partial charge in [0.05, 0.1) is 26.9 Å². The fourth-order valence-electron chi connectivity index (χ4n) is 3.10. The molecule has 0 aromatic heterocycles. The predicted molar refractivity (Wildman–Crippen MR) is 111 cm³/mol. The minimum absolute atomic E-state index is 0.0925. The van der Waals surface area contributed by atoms with Crippen molar-refractivity contribution in [3.63, 3.8) is 0 Å². The topological polar surface area (TPSA) is 74.2 Å². The molecule has 1 heterocycles. The Hall–Kier alpha value is -3.41. The molecule has 2 aromatic rings. The lowest BCUT2D eigenvalue weighted by atomic mass is 9.96. The van der Waals surface area contributed by atoms with E-state index in [9.17, 15) is 9.90 Å². The van der Waals surface area contributed by atoms with Gasteiger partial charge in [0.2, 0.25) is 0 Å². The molecule has 0 bridgehead atoms. The highest BCUT2D eigenvalue weighted by Gasteiger charge is 2.30. The van der Waals surface area contributed by atoms with Crippen LogP contribution in [0.3, 0.4) is 0 Å². The Labute approximate surface area is 170 Å². The van der Waals surface area contributed by atoms with Crippen LogP contribution in [-0.2, 0) is 0 Å². The molecule has 1 N–H and O–H groups in total. The summed E-state index contributed by atoms with van der Waals surface area (Å²) in [5, 5.41) is 10.5. The number of aromatic hydroxyl groups is 1. The van der Waals surface area contributed by atoms with Gasteiger partial charge >= 0.3 is 0 Å². The number of rotatable bonds is 6. The molecule has 2 aromatic carbocycles. The van der Waals surface area contributed by atoms with E-state index < -0.39 is 5.60 Å². The Balaban J connectivity index is 2.00. The van der Waals surface area contributed by atoms with Crippen LogP contribution in [-0.4, -0.2) is 37.8 Å². The highest BCUT2D eigenvalue weighted by Crippen LogP contribution is 2.44. The third-order valence-electron chi connectivity index (χ3n) is 4.58. The number of carbonyl (C=O) groups excluding carboxylic acids is 1. The molecule has 0 saturated heterocycles. The second-order valence-corrected chi connectivity index (χ2v) is 7.07. The van der Waals surface area contributed by atoms with E-state index in [0.29, 0.717) is 28.6 Å². The summed E-state index contributed by atoms with van der Waals surface area (Å²) in [6.07, 6.45) is 6.75. The molecule has 1 aliphatic heterocycles. The van der Waals surface area contributed by atoms with Crippen molar-refractivity contribution in [3.8, 4) is 28.7 Å². The maximum atomic E-state index is 13.0. The molecule has 0 saturated carbocycles. The van der Waals surface area contributed by atoms with Crippen molar-refractivity contribution in [3.05, 3.63) is 53.1 Å². The fraction of sp³-hybridized carbons (Fsp3) is 0.261. The third-order valence-corrected chi connectivity index (χ3v) is 4.58. The largest absolute Gasteiger partial charge is 0.507 e. The SMILES string of the molecule is COc1ccc(C=CC(=O)c2c(O)cc(OC)c3c2OC(C)(C)C=C3)cc1OC. The fourth-order valence-corrected chi connectivity index (χ4v) is 3.10. The minimum atomic E-state index is -0.617. The van der Waals surface area contributed by atoms with Gasteiger partial charge in [-0.3, -0.25) is 4.79 Å². The van der Waals surface area contributed by atoms with Crippen LogP contribution < -0.4 is 18.9 Å². The van der Waals surface area contributed by atoms with Crippen LogP contribution in [0, 0.1) is 0 Å². The number of fused-ring (bicyclic) bond motifs is 1. The monoisotopic (exact) mass is 396 g/mol. The van der Waals surface area contributed by atoms with Crippen molar-refractivity contribution in [1.82, 2.24) is 0 Å². The van der Waals surface area contributed by atoms with Crippen molar-refractivity contribution in [2.75, 3.05) is 21.3 Å². The van der Waals surface area contributed by atoms with E-state index in [0.717, 1.165) is 5.56 Å². The second kappa shape index (κ2) is 7.91. The highest BCUT2D eigenvalue weighted by atomic mass is 16.5. The number of hydrogen-bond acceptors (Lipinski definition) is 6. The molecule has 3 rings (SSSR count). The quantitative estimate of drug-likeness (QED) is 0.573. The summed E-state index contributed by atoms with van der Waals surface area (Å²) < 4.78 is 21.8. The van der Waals surface area contributed by atoms with Crippen LogP contribution in [0.15, 0.2) is 36.4 Å². The van der Waals surface area contributed by atoms with Gasteiger partial charge < -0.3 is 24.1 Å². The van der Waals surface area contributed by atoms with Crippen LogP contribution in [0.5, 0.6) is 28.7 Å². The molecule has 6 nitrogen and oxygen atoms in total. The van der Waals surface area contributed by atoms with E-state index in [1.807, 2.05) is 26.0 Å². The Morgan fingerprint density at radius 3 is 2.38 bits per heavy atom. The van der Waals surface area contributed by atoms with E-state index in [1.54, 1.807) is 38.5 Å². The van der Waals surface area contributed by atoms with Gasteiger partial charge in [-0.2, -0.15) is 0 Å². The number of allylic oxidation sites excluding steroid dienone is 1. The number of hydrogen-bond donors (Lipinski definition) is 1. The molecule has 0 unspecified atom stereocenters. The van der Waals surface area contributed by atoms with E-state index in [-0.39, 0.29) is 17.1 Å². The van der Waals surface area contributed by atoms with Crippen LogP contribution in [0.1, 0.15) is 35.3 Å². The molecule has 1 aliphatic rings. The van der Waals surface area contributed by atoms with E-state index >= 15 is 0 Å². The molecule has 0 amide bonds. The van der Waals surface area contributed by atoms with Gasteiger partial charge in [0.1, 0.15) is 28.4 Å². The molecule has 29 heavy (non-hydrogen) atoms. The highest BCUT2D eigenvalue weighted by molar-refractivity contribution is 6.11. The molecule has 0 spiro atoms. The predicted octanol–water partition coefficient (Wildman–Crippen LogP) is 4.50. The van der Waals surface area contributed by atoms with Gasteiger partial charge in [-0.1, -0.05) is 12.1 Å². The molecule has 0 radical (unpaired) electrons. The molecule has 152 valence electrons. The maximum absolute atomic E-state index is 13.0. The summed E-state index contributed by atoms with van der Waals surface area (Å²) in [6, 6.07) is 6.74. The summed E-state index contributed by atoms with van der Waals surface area (Å²) in [7, 11) is 4.61. The Morgan fingerprint density at radius 1 is 1.03 bits per heavy atom.